The summed E-state index contributed by atoms with van der Waals surface area (Å²) in [4.78, 5) is 12.5. The molecule has 1 aliphatic heterocycles. The molecule has 150 valence electrons. The molecule has 1 aromatic heterocycles. The summed E-state index contributed by atoms with van der Waals surface area (Å²) in [6.45, 7) is 2.87. The van der Waals surface area contributed by atoms with Gasteiger partial charge in [0.05, 0.1) is 5.69 Å². The van der Waals surface area contributed by atoms with E-state index >= 15 is 0 Å². The summed E-state index contributed by atoms with van der Waals surface area (Å²) in [5.74, 6) is 0.201. The van der Waals surface area contributed by atoms with Crippen molar-refractivity contribution in [2.75, 3.05) is 19.6 Å². The Morgan fingerprint density at radius 3 is 2.71 bits per heavy atom. The SMILES string of the molecule is O=C(Cn1ccc(C2CCCNC2)n1)NCC1(c2ccc(F)cc2)CCCC1. The van der Waals surface area contributed by atoms with Gasteiger partial charge in [0, 0.05) is 30.6 Å². The van der Waals surface area contributed by atoms with E-state index in [4.69, 9.17) is 0 Å². The van der Waals surface area contributed by atoms with E-state index in [1.807, 2.05) is 24.4 Å². The molecule has 1 atom stereocenters. The predicted octanol–water partition coefficient (Wildman–Crippen LogP) is 3.12. The molecule has 4 rings (SSSR count). The van der Waals surface area contributed by atoms with Crippen molar-refractivity contribution in [3.8, 4) is 0 Å². The van der Waals surface area contributed by atoms with E-state index < -0.39 is 0 Å². The first-order chi connectivity index (χ1) is 13.6. The third-order valence-corrected chi connectivity index (χ3v) is 6.32. The van der Waals surface area contributed by atoms with E-state index in [9.17, 15) is 9.18 Å². The van der Waals surface area contributed by atoms with Crippen LogP contribution in [-0.2, 0) is 16.8 Å². The molecule has 2 heterocycles. The molecule has 28 heavy (non-hydrogen) atoms. The first-order valence-corrected chi connectivity index (χ1v) is 10.4. The molecule has 5 nitrogen and oxygen atoms in total. The van der Waals surface area contributed by atoms with Crippen molar-refractivity contribution in [3.05, 3.63) is 53.6 Å². The van der Waals surface area contributed by atoms with Crippen LogP contribution in [-0.4, -0.2) is 35.3 Å². The van der Waals surface area contributed by atoms with Gasteiger partial charge in [0.2, 0.25) is 5.91 Å². The number of carbonyl (C=O) groups excluding carboxylic acids is 1. The number of nitrogens with zero attached hydrogens (tertiary/aromatic N) is 2. The Bertz CT molecular complexity index is 789. The van der Waals surface area contributed by atoms with Gasteiger partial charge in [-0.25, -0.2) is 4.39 Å². The number of hydrogen-bond donors (Lipinski definition) is 2. The molecule has 6 heteroatoms. The highest BCUT2D eigenvalue weighted by atomic mass is 19.1. The average molecular weight is 384 g/mol. The Morgan fingerprint density at radius 2 is 2.00 bits per heavy atom. The molecule has 1 amide bonds. The molecule has 1 saturated carbocycles. The van der Waals surface area contributed by atoms with Gasteiger partial charge in [-0.15, -0.1) is 0 Å². The molecule has 1 aliphatic carbocycles. The predicted molar refractivity (Wildman–Crippen MR) is 107 cm³/mol. The molecule has 0 radical (unpaired) electrons. The Hall–Kier alpha value is -2.21. The molecule has 2 aromatic rings. The number of amides is 1. The second kappa shape index (κ2) is 8.43. The second-order valence-corrected chi connectivity index (χ2v) is 8.25. The Balaban J connectivity index is 1.35. The van der Waals surface area contributed by atoms with Gasteiger partial charge in [0.25, 0.3) is 0 Å². The number of benzene rings is 1. The van der Waals surface area contributed by atoms with Crippen LogP contribution in [0.15, 0.2) is 36.5 Å². The minimum atomic E-state index is -0.219. The summed E-state index contributed by atoms with van der Waals surface area (Å²) in [6.07, 6.45) is 8.56. The van der Waals surface area contributed by atoms with Crippen molar-refractivity contribution in [1.29, 1.82) is 0 Å². The molecule has 2 N–H and O–H groups in total. The van der Waals surface area contributed by atoms with Crippen molar-refractivity contribution in [1.82, 2.24) is 20.4 Å². The molecule has 1 aromatic carbocycles. The number of nitrogens with one attached hydrogen (secondary N) is 2. The van der Waals surface area contributed by atoms with E-state index in [0.29, 0.717) is 12.5 Å². The van der Waals surface area contributed by atoms with Crippen LogP contribution in [0.3, 0.4) is 0 Å². The average Bonchev–Trinajstić information content (AvgIpc) is 3.38. The first kappa shape index (κ1) is 19.1. The summed E-state index contributed by atoms with van der Waals surface area (Å²) >= 11 is 0. The van der Waals surface area contributed by atoms with Crippen LogP contribution < -0.4 is 10.6 Å². The molecule has 0 bridgehead atoms. The van der Waals surface area contributed by atoms with Crippen LogP contribution in [0.25, 0.3) is 0 Å². The second-order valence-electron chi connectivity index (χ2n) is 8.25. The monoisotopic (exact) mass is 384 g/mol. The Kier molecular flexibility index (Phi) is 5.76. The summed E-state index contributed by atoms with van der Waals surface area (Å²) < 4.78 is 15.0. The molecule has 0 spiro atoms. The van der Waals surface area contributed by atoms with E-state index in [2.05, 4.69) is 15.7 Å². The van der Waals surface area contributed by atoms with Crippen molar-refractivity contribution < 1.29 is 9.18 Å². The zero-order chi connectivity index (χ0) is 19.4. The maximum atomic E-state index is 13.3. The molecule has 2 fully saturated rings. The lowest BCUT2D eigenvalue weighted by molar-refractivity contribution is -0.122. The topological polar surface area (TPSA) is 59.0 Å². The largest absolute Gasteiger partial charge is 0.354 e. The first-order valence-electron chi connectivity index (χ1n) is 10.4. The number of halogens is 1. The van der Waals surface area contributed by atoms with E-state index in [0.717, 1.165) is 56.5 Å². The molecule has 2 aliphatic rings. The number of carbonyl (C=O) groups is 1. The summed E-state index contributed by atoms with van der Waals surface area (Å²) in [5.41, 5.74) is 2.11. The summed E-state index contributed by atoms with van der Waals surface area (Å²) in [5, 5.41) is 11.1. The number of hydrogen-bond acceptors (Lipinski definition) is 3. The summed E-state index contributed by atoms with van der Waals surface area (Å²) in [6, 6.07) is 8.79. The highest BCUT2D eigenvalue weighted by Crippen LogP contribution is 2.40. The van der Waals surface area contributed by atoms with Gasteiger partial charge in [-0.1, -0.05) is 25.0 Å². The van der Waals surface area contributed by atoms with Gasteiger partial charge in [0.1, 0.15) is 12.4 Å². The Labute approximate surface area is 165 Å². The standard InChI is InChI=1S/C22H29FN4O/c23-19-7-5-18(6-8-19)22(10-1-2-11-22)16-25-21(28)15-27-13-9-20(26-27)17-4-3-12-24-14-17/h5-9,13,17,24H,1-4,10-12,14-16H2,(H,25,28). The smallest absolute Gasteiger partial charge is 0.241 e. The van der Waals surface area contributed by atoms with Crippen LogP contribution in [0.5, 0.6) is 0 Å². The fourth-order valence-electron chi connectivity index (χ4n) is 4.68. The van der Waals surface area contributed by atoms with Crippen molar-refractivity contribution in [3.63, 3.8) is 0 Å². The van der Waals surface area contributed by atoms with Crippen molar-refractivity contribution in [2.45, 2.75) is 56.4 Å². The van der Waals surface area contributed by atoms with Crippen LogP contribution in [0.2, 0.25) is 0 Å². The lowest BCUT2D eigenvalue weighted by atomic mass is 9.79. The molecule has 1 unspecified atom stereocenters. The number of aromatic nitrogens is 2. The highest BCUT2D eigenvalue weighted by Gasteiger charge is 2.35. The lowest BCUT2D eigenvalue weighted by Crippen LogP contribution is -2.40. The van der Waals surface area contributed by atoms with Gasteiger partial charge in [0.15, 0.2) is 0 Å². The molecular weight excluding hydrogens is 355 g/mol. The number of piperidine rings is 1. The molecule has 1 saturated heterocycles. The minimum Gasteiger partial charge on any atom is -0.354 e. The normalized spacial score (nSPS) is 21.5. The summed E-state index contributed by atoms with van der Waals surface area (Å²) in [7, 11) is 0. The van der Waals surface area contributed by atoms with Gasteiger partial charge in [-0.05, 0) is 56.0 Å². The van der Waals surface area contributed by atoms with Gasteiger partial charge >= 0.3 is 0 Å². The van der Waals surface area contributed by atoms with E-state index in [-0.39, 0.29) is 23.7 Å². The van der Waals surface area contributed by atoms with Crippen molar-refractivity contribution in [2.24, 2.45) is 0 Å². The number of rotatable bonds is 6. The zero-order valence-electron chi connectivity index (χ0n) is 16.3. The Morgan fingerprint density at radius 1 is 1.21 bits per heavy atom. The quantitative estimate of drug-likeness (QED) is 0.805. The molecular formula is C22H29FN4O. The van der Waals surface area contributed by atoms with Gasteiger partial charge < -0.3 is 10.6 Å². The van der Waals surface area contributed by atoms with Crippen LogP contribution in [0.1, 0.15) is 55.7 Å². The van der Waals surface area contributed by atoms with Crippen molar-refractivity contribution >= 4 is 5.91 Å². The third-order valence-electron chi connectivity index (χ3n) is 6.32. The van der Waals surface area contributed by atoms with Crippen LogP contribution in [0, 0.1) is 5.82 Å². The van der Waals surface area contributed by atoms with Gasteiger partial charge in [-0.3, -0.25) is 9.48 Å². The van der Waals surface area contributed by atoms with Crippen LogP contribution in [0.4, 0.5) is 4.39 Å². The zero-order valence-corrected chi connectivity index (χ0v) is 16.3. The van der Waals surface area contributed by atoms with E-state index in [1.54, 1.807) is 4.68 Å². The maximum Gasteiger partial charge on any atom is 0.241 e. The van der Waals surface area contributed by atoms with E-state index in [1.165, 1.54) is 18.6 Å². The highest BCUT2D eigenvalue weighted by molar-refractivity contribution is 5.75. The third kappa shape index (κ3) is 4.27. The maximum absolute atomic E-state index is 13.3. The van der Waals surface area contributed by atoms with Gasteiger partial charge in [-0.2, -0.15) is 5.10 Å². The fraction of sp³-hybridized carbons (Fsp3) is 0.545. The lowest BCUT2D eigenvalue weighted by Gasteiger charge is -2.30. The fourth-order valence-corrected chi connectivity index (χ4v) is 4.68. The van der Waals surface area contributed by atoms with Crippen LogP contribution >= 0.6 is 0 Å². The minimum absolute atomic E-state index is 0.0233.